The monoisotopic (exact) mass is 210 g/mol. The first-order valence-corrected chi connectivity index (χ1v) is 6.29. The van der Waals surface area contributed by atoms with Gasteiger partial charge in [-0.15, -0.1) is 0 Å². The van der Waals surface area contributed by atoms with Crippen molar-refractivity contribution in [2.24, 2.45) is 29.4 Å². The Morgan fingerprint density at radius 1 is 1.33 bits per heavy atom. The molecule has 0 heterocycles. The number of nitrogens with two attached hydrogens (primary N) is 1. The van der Waals surface area contributed by atoms with Crippen molar-refractivity contribution in [2.75, 3.05) is 20.3 Å². The zero-order valence-corrected chi connectivity index (χ0v) is 9.49. The molecule has 0 spiro atoms. The van der Waals surface area contributed by atoms with Crippen LogP contribution in [0, 0.1) is 23.7 Å². The van der Waals surface area contributed by atoms with Gasteiger partial charge in [0.2, 0.25) is 0 Å². The van der Waals surface area contributed by atoms with E-state index in [4.69, 9.17) is 10.5 Å². The number of rotatable bonds is 5. The average Bonchev–Trinajstić information content (AvgIpc) is 2.63. The molecule has 3 N–H and O–H groups in total. The Morgan fingerprint density at radius 3 is 2.60 bits per heavy atom. The quantitative estimate of drug-likeness (QED) is 0.698. The number of hydrogen-bond donors (Lipinski definition) is 2. The van der Waals surface area contributed by atoms with Crippen molar-refractivity contribution in [1.82, 2.24) is 5.32 Å². The molecule has 86 valence electrons. The van der Waals surface area contributed by atoms with E-state index in [0.29, 0.717) is 6.61 Å². The minimum absolute atomic E-state index is 0.161. The largest absolute Gasteiger partial charge is 0.383 e. The van der Waals surface area contributed by atoms with Crippen molar-refractivity contribution in [3.8, 4) is 0 Å². The van der Waals surface area contributed by atoms with E-state index in [0.717, 1.165) is 36.3 Å². The molecule has 3 saturated carbocycles. The normalized spacial score (nSPS) is 48.0. The standard InChI is InChI=1S/C12H22N2O/c1-15-6-9(13)5-14-12-10-7-2-3-8(4-7)11(10)12/h7-12,14H,2-6,13H2,1H3. The first-order valence-electron chi connectivity index (χ1n) is 6.29. The van der Waals surface area contributed by atoms with Crippen LogP contribution in [0.4, 0.5) is 0 Å². The van der Waals surface area contributed by atoms with Crippen LogP contribution in [0.25, 0.3) is 0 Å². The maximum absolute atomic E-state index is 5.91. The van der Waals surface area contributed by atoms with Gasteiger partial charge in [-0.3, -0.25) is 0 Å². The Kier molecular flexibility index (Phi) is 2.49. The molecule has 5 unspecified atom stereocenters. The second-order valence-electron chi connectivity index (χ2n) is 5.64. The number of ether oxygens (including phenoxy) is 1. The van der Waals surface area contributed by atoms with E-state index in [2.05, 4.69) is 5.32 Å². The summed E-state index contributed by atoms with van der Waals surface area (Å²) in [6.45, 7) is 1.59. The average molecular weight is 210 g/mol. The third-order valence-corrected chi connectivity index (χ3v) is 4.73. The Bertz CT molecular complexity index is 230. The molecule has 0 amide bonds. The van der Waals surface area contributed by atoms with Gasteiger partial charge in [-0.05, 0) is 42.9 Å². The Balaban J connectivity index is 1.44. The van der Waals surface area contributed by atoms with Crippen LogP contribution in [0.5, 0.6) is 0 Å². The van der Waals surface area contributed by atoms with Crippen molar-refractivity contribution in [1.29, 1.82) is 0 Å². The molecular weight excluding hydrogens is 188 g/mol. The fourth-order valence-corrected chi connectivity index (χ4v) is 4.16. The lowest BCUT2D eigenvalue weighted by molar-refractivity contribution is 0.178. The van der Waals surface area contributed by atoms with Gasteiger partial charge in [-0.2, -0.15) is 0 Å². The third kappa shape index (κ3) is 1.61. The number of hydrogen-bond acceptors (Lipinski definition) is 3. The first-order chi connectivity index (χ1) is 7.31. The van der Waals surface area contributed by atoms with Gasteiger partial charge in [0, 0.05) is 25.7 Å². The molecule has 0 aromatic carbocycles. The Morgan fingerprint density at radius 2 is 2.00 bits per heavy atom. The van der Waals surface area contributed by atoms with Crippen molar-refractivity contribution >= 4 is 0 Å². The Hall–Kier alpha value is -0.120. The van der Waals surface area contributed by atoms with Crippen LogP contribution in [0.2, 0.25) is 0 Å². The molecule has 15 heavy (non-hydrogen) atoms. The molecule has 3 heteroatoms. The fourth-order valence-electron chi connectivity index (χ4n) is 4.16. The minimum atomic E-state index is 0.161. The van der Waals surface area contributed by atoms with Gasteiger partial charge in [-0.25, -0.2) is 0 Å². The van der Waals surface area contributed by atoms with Crippen molar-refractivity contribution in [2.45, 2.75) is 31.3 Å². The summed E-state index contributed by atoms with van der Waals surface area (Å²) in [5.41, 5.74) is 5.91. The molecule has 3 aliphatic rings. The van der Waals surface area contributed by atoms with Crippen LogP contribution >= 0.6 is 0 Å². The van der Waals surface area contributed by atoms with Crippen LogP contribution in [0.3, 0.4) is 0 Å². The zero-order valence-electron chi connectivity index (χ0n) is 9.49. The van der Waals surface area contributed by atoms with E-state index in [-0.39, 0.29) is 6.04 Å². The summed E-state index contributed by atoms with van der Waals surface area (Å²) in [6, 6.07) is 0.966. The molecule has 0 radical (unpaired) electrons. The van der Waals surface area contributed by atoms with E-state index in [1.54, 1.807) is 7.11 Å². The molecule has 3 aliphatic carbocycles. The predicted octanol–water partition coefficient (Wildman–Crippen LogP) is 0.594. The van der Waals surface area contributed by atoms with Crippen LogP contribution in [-0.2, 0) is 4.74 Å². The van der Waals surface area contributed by atoms with Crippen molar-refractivity contribution in [3.05, 3.63) is 0 Å². The van der Waals surface area contributed by atoms with Gasteiger partial charge >= 0.3 is 0 Å². The van der Waals surface area contributed by atoms with Gasteiger partial charge in [0.1, 0.15) is 0 Å². The summed E-state index contributed by atoms with van der Waals surface area (Å²) in [7, 11) is 1.71. The summed E-state index contributed by atoms with van der Waals surface area (Å²) in [5, 5.41) is 3.64. The van der Waals surface area contributed by atoms with Crippen molar-refractivity contribution < 1.29 is 4.74 Å². The summed E-state index contributed by atoms with van der Waals surface area (Å²) in [6.07, 6.45) is 4.51. The molecular formula is C12H22N2O. The number of methoxy groups -OCH3 is 1. The maximum atomic E-state index is 5.91. The molecule has 3 nitrogen and oxygen atoms in total. The smallest absolute Gasteiger partial charge is 0.0626 e. The highest BCUT2D eigenvalue weighted by atomic mass is 16.5. The van der Waals surface area contributed by atoms with Crippen LogP contribution in [0.15, 0.2) is 0 Å². The minimum Gasteiger partial charge on any atom is -0.383 e. The number of nitrogens with one attached hydrogen (secondary N) is 1. The van der Waals surface area contributed by atoms with Gasteiger partial charge < -0.3 is 15.8 Å². The molecule has 2 bridgehead atoms. The second-order valence-corrected chi connectivity index (χ2v) is 5.64. The summed E-state index contributed by atoms with van der Waals surface area (Å²) in [5.74, 6) is 4.13. The summed E-state index contributed by atoms with van der Waals surface area (Å²) in [4.78, 5) is 0. The number of fused-ring (bicyclic) bond motifs is 5. The van der Waals surface area contributed by atoms with E-state index < -0.39 is 0 Å². The topological polar surface area (TPSA) is 47.3 Å². The predicted molar refractivity (Wildman–Crippen MR) is 59.5 cm³/mol. The SMILES string of the molecule is COCC(N)CNC1C2C3CCC(C3)C12. The molecule has 5 atom stereocenters. The van der Waals surface area contributed by atoms with E-state index in [1.165, 1.54) is 19.3 Å². The summed E-state index contributed by atoms with van der Waals surface area (Å²) >= 11 is 0. The van der Waals surface area contributed by atoms with Crippen molar-refractivity contribution in [3.63, 3.8) is 0 Å². The lowest BCUT2D eigenvalue weighted by Crippen LogP contribution is -2.39. The first kappa shape index (κ1) is 10.1. The molecule has 0 aromatic rings. The van der Waals surface area contributed by atoms with E-state index in [9.17, 15) is 0 Å². The van der Waals surface area contributed by atoms with Crippen LogP contribution < -0.4 is 11.1 Å². The third-order valence-electron chi connectivity index (χ3n) is 4.73. The molecule has 0 saturated heterocycles. The lowest BCUT2D eigenvalue weighted by atomic mass is 10.0. The highest BCUT2D eigenvalue weighted by molar-refractivity contribution is 5.16. The van der Waals surface area contributed by atoms with E-state index in [1.807, 2.05) is 0 Å². The van der Waals surface area contributed by atoms with Gasteiger partial charge in [0.05, 0.1) is 6.61 Å². The highest BCUT2D eigenvalue weighted by Gasteiger charge is 2.64. The highest BCUT2D eigenvalue weighted by Crippen LogP contribution is 2.65. The van der Waals surface area contributed by atoms with E-state index >= 15 is 0 Å². The fraction of sp³-hybridized carbons (Fsp3) is 1.00. The van der Waals surface area contributed by atoms with Gasteiger partial charge in [0.25, 0.3) is 0 Å². The maximum Gasteiger partial charge on any atom is 0.0626 e. The lowest BCUT2D eigenvalue weighted by Gasteiger charge is -2.14. The molecule has 3 fully saturated rings. The van der Waals surface area contributed by atoms with Gasteiger partial charge in [0.15, 0.2) is 0 Å². The zero-order chi connectivity index (χ0) is 10.4. The molecule has 3 rings (SSSR count). The molecule has 0 aliphatic heterocycles. The van der Waals surface area contributed by atoms with Crippen LogP contribution in [0.1, 0.15) is 19.3 Å². The molecule has 0 aromatic heterocycles. The van der Waals surface area contributed by atoms with Crippen LogP contribution in [-0.4, -0.2) is 32.3 Å². The van der Waals surface area contributed by atoms with Gasteiger partial charge in [-0.1, -0.05) is 0 Å². The second kappa shape index (κ2) is 3.72. The Labute approximate surface area is 91.7 Å². The summed E-state index contributed by atoms with van der Waals surface area (Å²) < 4.78 is 5.04.